The first-order chi connectivity index (χ1) is 19.4. The molecular formula is C29H34F2N4O6. The van der Waals surface area contributed by atoms with E-state index < -0.39 is 48.5 Å². The molecule has 5 atom stereocenters. The number of guanidine groups is 1. The Morgan fingerprint density at radius 1 is 1.24 bits per heavy atom. The molecule has 3 heterocycles. The number of amides is 2. The van der Waals surface area contributed by atoms with Gasteiger partial charge in [0.15, 0.2) is 5.96 Å². The van der Waals surface area contributed by atoms with Crippen LogP contribution in [0.4, 0.5) is 8.78 Å². The highest BCUT2D eigenvalue weighted by molar-refractivity contribution is 6.00. The van der Waals surface area contributed by atoms with Crippen molar-refractivity contribution in [3.05, 3.63) is 59.2 Å². The molecule has 2 aromatic carbocycles. The van der Waals surface area contributed by atoms with Gasteiger partial charge in [0.25, 0.3) is 5.91 Å². The molecule has 3 aliphatic rings. The summed E-state index contributed by atoms with van der Waals surface area (Å²) >= 11 is 0. The summed E-state index contributed by atoms with van der Waals surface area (Å²) in [6.07, 6.45) is 0.0203. The van der Waals surface area contributed by atoms with Gasteiger partial charge in [-0.2, -0.15) is 8.78 Å². The second-order valence-electron chi connectivity index (χ2n) is 11.2. The largest absolute Gasteiger partial charge is 0.490 e. The average Bonchev–Trinajstić information content (AvgIpc) is 2.92. The first-order valence-corrected chi connectivity index (χ1v) is 13.5. The fourth-order valence-corrected chi connectivity index (χ4v) is 5.57. The number of aliphatic hydroxyl groups is 1. The molecule has 0 aliphatic carbocycles. The molecule has 0 saturated heterocycles. The van der Waals surface area contributed by atoms with Gasteiger partial charge in [0.05, 0.1) is 30.7 Å². The number of ether oxygens (including phenoxy) is 3. The van der Waals surface area contributed by atoms with Crippen molar-refractivity contribution in [2.45, 2.75) is 76.0 Å². The van der Waals surface area contributed by atoms with Crippen molar-refractivity contribution < 1.29 is 37.7 Å². The molecule has 4 N–H and O–H groups in total. The van der Waals surface area contributed by atoms with E-state index in [2.05, 4.69) is 15.0 Å². The third-order valence-corrected chi connectivity index (χ3v) is 7.97. The van der Waals surface area contributed by atoms with Gasteiger partial charge in [-0.25, -0.2) is 4.99 Å². The van der Waals surface area contributed by atoms with E-state index in [1.807, 2.05) is 13.8 Å². The lowest BCUT2D eigenvalue weighted by Gasteiger charge is -2.42. The number of hydrogen-bond acceptors (Lipinski definition) is 8. The number of carbonyl (C=O) groups is 2. The number of aliphatic imine (C=N–C) groups is 1. The van der Waals surface area contributed by atoms with Crippen LogP contribution >= 0.6 is 0 Å². The summed E-state index contributed by atoms with van der Waals surface area (Å²) in [5, 5.41) is 13.9. The summed E-state index contributed by atoms with van der Waals surface area (Å²) in [6.45, 7) is 1.95. The fraction of sp³-hybridized carbons (Fsp3) is 0.483. The minimum absolute atomic E-state index is 0.0104. The number of hydrogen-bond donors (Lipinski definition) is 3. The number of nitrogens with one attached hydrogen (secondary N) is 1. The van der Waals surface area contributed by atoms with Crippen molar-refractivity contribution in [3.63, 3.8) is 0 Å². The highest BCUT2D eigenvalue weighted by Gasteiger charge is 2.43. The Hall–Kier alpha value is -3.77. The maximum Gasteiger partial charge on any atom is 0.345 e. The van der Waals surface area contributed by atoms with Gasteiger partial charge in [-0.1, -0.05) is 25.1 Å². The second kappa shape index (κ2) is 10.9. The number of benzene rings is 2. The Bertz CT molecular complexity index is 1370. The van der Waals surface area contributed by atoms with E-state index in [-0.39, 0.29) is 36.9 Å². The molecule has 0 unspecified atom stereocenters. The van der Waals surface area contributed by atoms with Gasteiger partial charge in [-0.15, -0.1) is 0 Å². The van der Waals surface area contributed by atoms with Crippen molar-refractivity contribution in [1.29, 1.82) is 0 Å². The van der Waals surface area contributed by atoms with Crippen LogP contribution in [-0.4, -0.2) is 64.8 Å². The first kappa shape index (κ1) is 28.7. The topological polar surface area (TPSA) is 136 Å². The van der Waals surface area contributed by atoms with E-state index in [0.29, 0.717) is 29.0 Å². The SMILES string of the molecule is CC[C@]1(C)CC(=O)N([C@@H]2C[C@@H](COC(F)F)Oc3ccc(C(=O)N[C@@H]4c5ccccc5OC[C@@]4(C)O)cc32)C(N)=N1. The van der Waals surface area contributed by atoms with Crippen LogP contribution in [-0.2, 0) is 9.53 Å². The summed E-state index contributed by atoms with van der Waals surface area (Å²) in [7, 11) is 0. The second-order valence-corrected chi connectivity index (χ2v) is 11.2. The molecule has 10 nitrogen and oxygen atoms in total. The monoisotopic (exact) mass is 572 g/mol. The van der Waals surface area contributed by atoms with Gasteiger partial charge in [0, 0.05) is 23.1 Å². The maximum absolute atomic E-state index is 13.5. The van der Waals surface area contributed by atoms with Crippen molar-refractivity contribution >= 4 is 17.8 Å². The van der Waals surface area contributed by atoms with Crippen molar-refractivity contribution in [3.8, 4) is 11.5 Å². The number of nitrogens with zero attached hydrogens (tertiary/aromatic N) is 2. The predicted molar refractivity (Wildman–Crippen MR) is 145 cm³/mol. The summed E-state index contributed by atoms with van der Waals surface area (Å²) in [6, 6.07) is 10.3. The van der Waals surface area contributed by atoms with Crippen LogP contribution in [0.1, 0.15) is 73.6 Å². The maximum atomic E-state index is 13.5. The Balaban J connectivity index is 1.48. The van der Waals surface area contributed by atoms with Gasteiger partial charge in [0.1, 0.15) is 29.8 Å². The van der Waals surface area contributed by atoms with Crippen LogP contribution in [0.15, 0.2) is 47.5 Å². The minimum Gasteiger partial charge on any atom is -0.490 e. The molecule has 0 aromatic heterocycles. The highest BCUT2D eigenvalue weighted by Crippen LogP contribution is 2.42. The lowest BCUT2D eigenvalue weighted by Crippen LogP contribution is -2.53. The molecule has 2 aromatic rings. The molecule has 0 spiro atoms. The van der Waals surface area contributed by atoms with E-state index in [9.17, 15) is 23.5 Å². The van der Waals surface area contributed by atoms with Gasteiger partial charge >= 0.3 is 6.61 Å². The highest BCUT2D eigenvalue weighted by atomic mass is 19.3. The minimum atomic E-state index is -2.98. The van der Waals surface area contributed by atoms with E-state index >= 15 is 0 Å². The lowest BCUT2D eigenvalue weighted by atomic mass is 9.87. The van der Waals surface area contributed by atoms with Gasteiger partial charge in [-0.3, -0.25) is 14.5 Å². The molecule has 41 heavy (non-hydrogen) atoms. The number of nitrogens with two attached hydrogens (primary N) is 1. The van der Waals surface area contributed by atoms with Crippen LogP contribution in [0.2, 0.25) is 0 Å². The predicted octanol–water partition coefficient (Wildman–Crippen LogP) is 3.45. The van der Waals surface area contributed by atoms with E-state index in [0.717, 1.165) is 0 Å². The van der Waals surface area contributed by atoms with Crippen molar-refractivity contribution in [1.82, 2.24) is 10.2 Å². The van der Waals surface area contributed by atoms with Gasteiger partial charge in [-0.05, 0) is 44.5 Å². The standard InChI is InChI=1S/C29H34F2N4O6/c1-4-28(2)13-23(36)35(27(32)34-28)20-12-17(14-39-26(30)31)41-22-10-9-16(11-19(20)22)25(37)33-24-18-7-5-6-8-21(18)40-15-29(24,3)38/h5-11,17,20,24,26,38H,4,12-15H2,1-3H3,(H2,32,34)(H,33,37)/t17-,20+,24+,28+,29+/m0/s1. The molecule has 0 bridgehead atoms. The van der Waals surface area contributed by atoms with Gasteiger partial charge < -0.3 is 30.4 Å². The number of fused-ring (bicyclic) bond motifs is 2. The summed E-state index contributed by atoms with van der Waals surface area (Å²) in [5.41, 5.74) is 5.66. The van der Waals surface area contributed by atoms with Crippen molar-refractivity contribution in [2.75, 3.05) is 13.2 Å². The normalized spacial score (nSPS) is 29.1. The fourth-order valence-electron chi connectivity index (χ4n) is 5.57. The molecule has 5 rings (SSSR count). The Morgan fingerprint density at radius 3 is 2.71 bits per heavy atom. The quantitative estimate of drug-likeness (QED) is 0.463. The molecule has 0 fully saturated rings. The lowest BCUT2D eigenvalue weighted by molar-refractivity contribution is -0.149. The van der Waals surface area contributed by atoms with E-state index in [4.69, 9.17) is 15.2 Å². The van der Waals surface area contributed by atoms with Crippen LogP contribution in [0.5, 0.6) is 11.5 Å². The number of para-hydroxylation sites is 1. The summed E-state index contributed by atoms with van der Waals surface area (Å²) < 4.78 is 41.7. The zero-order valence-electron chi connectivity index (χ0n) is 23.1. The Labute approximate surface area is 236 Å². The molecular weight excluding hydrogens is 538 g/mol. The zero-order valence-corrected chi connectivity index (χ0v) is 23.1. The van der Waals surface area contributed by atoms with E-state index in [1.54, 1.807) is 43.3 Å². The first-order valence-electron chi connectivity index (χ1n) is 13.5. The molecule has 2 amide bonds. The Morgan fingerprint density at radius 2 is 2.00 bits per heavy atom. The van der Waals surface area contributed by atoms with Crippen LogP contribution in [0.3, 0.4) is 0 Å². The molecule has 3 aliphatic heterocycles. The van der Waals surface area contributed by atoms with Gasteiger partial charge in [0.2, 0.25) is 5.91 Å². The third kappa shape index (κ3) is 5.71. The summed E-state index contributed by atoms with van der Waals surface area (Å²) in [5.74, 6) is 0.160. The number of halogens is 2. The van der Waals surface area contributed by atoms with E-state index in [1.165, 1.54) is 11.0 Å². The molecule has 12 heteroatoms. The number of rotatable bonds is 7. The number of alkyl halides is 2. The third-order valence-electron chi connectivity index (χ3n) is 7.97. The average molecular weight is 573 g/mol. The summed E-state index contributed by atoms with van der Waals surface area (Å²) in [4.78, 5) is 32.9. The smallest absolute Gasteiger partial charge is 0.345 e. The van der Waals surface area contributed by atoms with Crippen LogP contribution in [0, 0.1) is 0 Å². The van der Waals surface area contributed by atoms with Crippen LogP contribution in [0.25, 0.3) is 0 Å². The van der Waals surface area contributed by atoms with Crippen LogP contribution < -0.4 is 20.5 Å². The molecule has 0 radical (unpaired) electrons. The zero-order chi connectivity index (χ0) is 29.5. The molecule has 0 saturated carbocycles. The van der Waals surface area contributed by atoms with Crippen molar-refractivity contribution in [2.24, 2.45) is 10.7 Å². The molecule has 220 valence electrons. The number of carbonyl (C=O) groups excluding carboxylic acids is 2. The Kier molecular flexibility index (Phi) is 7.64.